The SMILES string of the molecule is CCN(CC)c1c(S(=O)(=O)N(CC)CC)cnc2ccccc12. The molecule has 0 atom stereocenters. The number of hydrogen-bond acceptors (Lipinski definition) is 4. The van der Waals surface area contributed by atoms with Crippen LogP contribution in [0.2, 0.25) is 0 Å². The zero-order chi connectivity index (χ0) is 17.0. The molecule has 0 N–H and O–H groups in total. The Morgan fingerprint density at radius 2 is 1.57 bits per heavy atom. The maximum Gasteiger partial charge on any atom is 0.246 e. The van der Waals surface area contributed by atoms with Gasteiger partial charge in [0.15, 0.2) is 0 Å². The fourth-order valence-electron chi connectivity index (χ4n) is 2.87. The first-order chi connectivity index (χ1) is 11.0. The number of nitrogens with zero attached hydrogens (tertiary/aromatic N) is 3. The molecule has 23 heavy (non-hydrogen) atoms. The van der Waals surface area contributed by atoms with E-state index in [2.05, 4.69) is 9.88 Å². The molecule has 0 spiro atoms. The number of sulfonamides is 1. The third-order valence-electron chi connectivity index (χ3n) is 4.12. The molecule has 0 saturated carbocycles. The second kappa shape index (κ2) is 7.27. The predicted molar refractivity (Wildman–Crippen MR) is 95.4 cm³/mol. The van der Waals surface area contributed by atoms with Gasteiger partial charge in [0.05, 0.1) is 11.2 Å². The van der Waals surface area contributed by atoms with Crippen LogP contribution >= 0.6 is 0 Å². The van der Waals surface area contributed by atoms with Crippen molar-refractivity contribution in [2.45, 2.75) is 32.6 Å². The van der Waals surface area contributed by atoms with Crippen molar-refractivity contribution in [2.75, 3.05) is 31.1 Å². The molecule has 0 bridgehead atoms. The van der Waals surface area contributed by atoms with Gasteiger partial charge in [0.1, 0.15) is 4.90 Å². The van der Waals surface area contributed by atoms with Crippen LogP contribution in [0.25, 0.3) is 10.9 Å². The molecule has 126 valence electrons. The molecule has 2 aromatic rings. The highest BCUT2D eigenvalue weighted by molar-refractivity contribution is 7.89. The van der Waals surface area contributed by atoms with Gasteiger partial charge in [-0.1, -0.05) is 32.0 Å². The topological polar surface area (TPSA) is 53.5 Å². The van der Waals surface area contributed by atoms with Crippen molar-refractivity contribution < 1.29 is 8.42 Å². The monoisotopic (exact) mass is 335 g/mol. The molecule has 6 heteroatoms. The van der Waals surface area contributed by atoms with Crippen molar-refractivity contribution in [3.8, 4) is 0 Å². The van der Waals surface area contributed by atoms with E-state index in [1.807, 2.05) is 52.0 Å². The molecule has 0 unspecified atom stereocenters. The molecule has 0 aliphatic heterocycles. The molecule has 0 aliphatic rings. The summed E-state index contributed by atoms with van der Waals surface area (Å²) in [5.74, 6) is 0. The molecule has 0 saturated heterocycles. The first kappa shape index (κ1) is 17.7. The molecule has 2 rings (SSSR count). The predicted octanol–water partition coefficient (Wildman–Crippen LogP) is 3.11. The van der Waals surface area contributed by atoms with E-state index in [0.29, 0.717) is 18.0 Å². The average molecular weight is 335 g/mol. The largest absolute Gasteiger partial charge is 0.370 e. The van der Waals surface area contributed by atoms with Crippen molar-refractivity contribution in [2.24, 2.45) is 0 Å². The highest BCUT2D eigenvalue weighted by Crippen LogP contribution is 2.34. The van der Waals surface area contributed by atoms with Crippen LogP contribution in [0, 0.1) is 0 Å². The lowest BCUT2D eigenvalue weighted by Crippen LogP contribution is -2.33. The van der Waals surface area contributed by atoms with E-state index >= 15 is 0 Å². The van der Waals surface area contributed by atoms with Crippen LogP contribution in [0.3, 0.4) is 0 Å². The van der Waals surface area contributed by atoms with Crippen LogP contribution in [-0.4, -0.2) is 43.9 Å². The normalized spacial score (nSPS) is 12.0. The standard InChI is InChI=1S/C17H25N3O2S/c1-5-19(6-2)17-14-11-9-10-12-15(14)18-13-16(17)23(21,22)20(7-3)8-4/h9-13H,5-8H2,1-4H3. The van der Waals surface area contributed by atoms with Crippen molar-refractivity contribution in [3.63, 3.8) is 0 Å². The Hall–Kier alpha value is -1.66. The molecule has 1 aromatic carbocycles. The highest BCUT2D eigenvalue weighted by Gasteiger charge is 2.28. The third-order valence-corrected chi connectivity index (χ3v) is 6.17. The zero-order valence-electron chi connectivity index (χ0n) is 14.3. The molecule has 5 nitrogen and oxygen atoms in total. The quantitative estimate of drug-likeness (QED) is 0.780. The van der Waals surface area contributed by atoms with E-state index in [1.165, 1.54) is 10.5 Å². The summed E-state index contributed by atoms with van der Waals surface area (Å²) in [5.41, 5.74) is 1.57. The highest BCUT2D eigenvalue weighted by atomic mass is 32.2. The fraction of sp³-hybridized carbons (Fsp3) is 0.471. The number of rotatable bonds is 7. The molecule has 1 aromatic heterocycles. The van der Waals surface area contributed by atoms with Crippen LogP contribution in [0.4, 0.5) is 5.69 Å². The van der Waals surface area contributed by atoms with Crippen molar-refractivity contribution in [1.82, 2.24) is 9.29 Å². The molecule has 0 amide bonds. The zero-order valence-corrected chi connectivity index (χ0v) is 15.1. The smallest absolute Gasteiger partial charge is 0.246 e. The van der Waals surface area contributed by atoms with E-state index < -0.39 is 10.0 Å². The van der Waals surface area contributed by atoms with Gasteiger partial charge in [0.2, 0.25) is 10.0 Å². The Bertz CT molecular complexity index is 767. The molecule has 1 heterocycles. The molecule has 0 fully saturated rings. The second-order valence-electron chi connectivity index (χ2n) is 5.25. The van der Waals surface area contributed by atoms with Crippen molar-refractivity contribution in [3.05, 3.63) is 30.5 Å². The van der Waals surface area contributed by atoms with Gasteiger partial charge >= 0.3 is 0 Å². The fourth-order valence-corrected chi connectivity index (χ4v) is 4.49. The van der Waals surface area contributed by atoms with Crippen LogP contribution in [0.5, 0.6) is 0 Å². The summed E-state index contributed by atoms with van der Waals surface area (Å²) in [5, 5.41) is 0.879. The number of fused-ring (bicyclic) bond motifs is 1. The van der Waals surface area contributed by atoms with E-state index in [0.717, 1.165) is 29.7 Å². The van der Waals surface area contributed by atoms with Crippen molar-refractivity contribution >= 4 is 26.6 Å². The number of benzene rings is 1. The van der Waals surface area contributed by atoms with E-state index in [9.17, 15) is 8.42 Å². The summed E-state index contributed by atoms with van der Waals surface area (Å²) in [6.45, 7) is 10.2. The van der Waals surface area contributed by atoms with Gasteiger partial charge in [-0.3, -0.25) is 4.98 Å². The lowest BCUT2D eigenvalue weighted by atomic mass is 10.1. The summed E-state index contributed by atoms with van der Waals surface area (Å²) >= 11 is 0. The number of para-hydroxylation sites is 1. The lowest BCUT2D eigenvalue weighted by molar-refractivity contribution is 0.445. The number of anilines is 1. The second-order valence-corrected chi connectivity index (χ2v) is 7.16. The summed E-state index contributed by atoms with van der Waals surface area (Å²) < 4.78 is 27.6. The Labute approximate surface area is 139 Å². The molecule has 0 aliphatic carbocycles. The summed E-state index contributed by atoms with van der Waals surface area (Å²) in [4.78, 5) is 6.76. The minimum Gasteiger partial charge on any atom is -0.370 e. The summed E-state index contributed by atoms with van der Waals surface area (Å²) in [6, 6.07) is 7.69. The first-order valence-electron chi connectivity index (χ1n) is 8.13. The van der Waals surface area contributed by atoms with Gasteiger partial charge in [0.25, 0.3) is 0 Å². The summed E-state index contributed by atoms with van der Waals surface area (Å²) in [7, 11) is -3.56. The van der Waals surface area contributed by atoms with Crippen LogP contribution in [-0.2, 0) is 10.0 Å². The first-order valence-corrected chi connectivity index (χ1v) is 9.57. The molecular weight excluding hydrogens is 310 g/mol. The molecule has 0 radical (unpaired) electrons. The van der Waals surface area contributed by atoms with Gasteiger partial charge in [-0.05, 0) is 19.9 Å². The van der Waals surface area contributed by atoms with Gasteiger partial charge in [0, 0.05) is 37.8 Å². The van der Waals surface area contributed by atoms with Crippen LogP contribution < -0.4 is 4.90 Å². The Kier molecular flexibility index (Phi) is 5.59. The number of pyridine rings is 1. The number of aromatic nitrogens is 1. The Morgan fingerprint density at radius 1 is 0.957 bits per heavy atom. The maximum absolute atomic E-state index is 13.1. The Balaban J connectivity index is 2.80. The van der Waals surface area contributed by atoms with Gasteiger partial charge in [-0.2, -0.15) is 4.31 Å². The van der Waals surface area contributed by atoms with Gasteiger partial charge in [-0.25, -0.2) is 8.42 Å². The van der Waals surface area contributed by atoms with Crippen molar-refractivity contribution in [1.29, 1.82) is 0 Å². The van der Waals surface area contributed by atoms with Gasteiger partial charge in [-0.15, -0.1) is 0 Å². The number of hydrogen-bond donors (Lipinski definition) is 0. The van der Waals surface area contributed by atoms with Crippen LogP contribution in [0.1, 0.15) is 27.7 Å². The maximum atomic E-state index is 13.1. The molecular formula is C17H25N3O2S. The lowest BCUT2D eigenvalue weighted by Gasteiger charge is -2.27. The Morgan fingerprint density at radius 3 is 2.13 bits per heavy atom. The van der Waals surface area contributed by atoms with Gasteiger partial charge < -0.3 is 4.90 Å². The average Bonchev–Trinajstić information content (AvgIpc) is 2.56. The van der Waals surface area contributed by atoms with E-state index in [4.69, 9.17) is 0 Å². The summed E-state index contributed by atoms with van der Waals surface area (Å²) in [6.07, 6.45) is 1.50. The minimum atomic E-state index is -3.56. The minimum absolute atomic E-state index is 0.295. The van der Waals surface area contributed by atoms with E-state index in [-0.39, 0.29) is 0 Å². The van der Waals surface area contributed by atoms with E-state index in [1.54, 1.807) is 0 Å². The third kappa shape index (κ3) is 3.19. The van der Waals surface area contributed by atoms with Crippen LogP contribution in [0.15, 0.2) is 35.4 Å².